The number of nitrogens with one attached hydrogen (secondary N) is 1. The topological polar surface area (TPSA) is 60.5 Å². The van der Waals surface area contributed by atoms with E-state index in [0.29, 0.717) is 41.1 Å². The summed E-state index contributed by atoms with van der Waals surface area (Å²) in [7, 11) is 0. The van der Waals surface area contributed by atoms with E-state index in [1.54, 1.807) is 36.5 Å². The van der Waals surface area contributed by atoms with Crippen LogP contribution in [0.15, 0.2) is 36.5 Å². The van der Waals surface area contributed by atoms with Gasteiger partial charge in [0, 0.05) is 11.8 Å². The van der Waals surface area contributed by atoms with Crippen molar-refractivity contribution in [3.8, 4) is 11.5 Å². The quantitative estimate of drug-likeness (QED) is 0.920. The molecule has 1 aliphatic heterocycles. The van der Waals surface area contributed by atoms with Crippen molar-refractivity contribution in [3.63, 3.8) is 0 Å². The van der Waals surface area contributed by atoms with Gasteiger partial charge in [-0.3, -0.25) is 4.79 Å². The summed E-state index contributed by atoms with van der Waals surface area (Å²) >= 11 is 5.95. The van der Waals surface area contributed by atoms with Gasteiger partial charge in [0.1, 0.15) is 13.2 Å². The monoisotopic (exact) mass is 326 g/mol. The summed E-state index contributed by atoms with van der Waals surface area (Å²) in [6.45, 7) is 0.992. The third-order valence-electron chi connectivity index (χ3n) is 2.79. The van der Waals surface area contributed by atoms with Crippen LogP contribution in [0.3, 0.4) is 0 Å². The SMILES string of the molecule is Cl.O=C(Nc1ncccc1Cl)c1ccc2c(c1)OCCO2. The van der Waals surface area contributed by atoms with E-state index >= 15 is 0 Å². The van der Waals surface area contributed by atoms with Gasteiger partial charge in [-0.1, -0.05) is 11.6 Å². The largest absolute Gasteiger partial charge is 0.486 e. The van der Waals surface area contributed by atoms with Crippen molar-refractivity contribution >= 4 is 35.7 Å². The lowest BCUT2D eigenvalue weighted by molar-refractivity contribution is 0.102. The van der Waals surface area contributed by atoms with Gasteiger partial charge in [0.25, 0.3) is 5.91 Å². The number of pyridine rings is 1. The summed E-state index contributed by atoms with van der Waals surface area (Å²) in [4.78, 5) is 16.2. The first-order valence-electron chi connectivity index (χ1n) is 6.05. The summed E-state index contributed by atoms with van der Waals surface area (Å²) in [6, 6.07) is 8.37. The third kappa shape index (κ3) is 3.37. The standard InChI is InChI=1S/C14H11ClN2O3.ClH/c15-10-2-1-5-16-13(10)17-14(18)9-3-4-11-12(8-9)20-7-6-19-11;/h1-5,8H,6-7H2,(H,16,17,18);1H. The Morgan fingerprint density at radius 1 is 1.19 bits per heavy atom. The van der Waals surface area contributed by atoms with Crippen LogP contribution < -0.4 is 14.8 Å². The smallest absolute Gasteiger partial charge is 0.256 e. The first-order chi connectivity index (χ1) is 9.74. The van der Waals surface area contributed by atoms with Crippen molar-refractivity contribution < 1.29 is 14.3 Å². The molecule has 5 nitrogen and oxygen atoms in total. The van der Waals surface area contributed by atoms with E-state index in [9.17, 15) is 4.79 Å². The van der Waals surface area contributed by atoms with Crippen LogP contribution in [0.25, 0.3) is 0 Å². The van der Waals surface area contributed by atoms with Gasteiger partial charge in [-0.2, -0.15) is 0 Å². The number of nitrogens with zero attached hydrogens (tertiary/aromatic N) is 1. The van der Waals surface area contributed by atoms with Gasteiger partial charge in [0.05, 0.1) is 5.02 Å². The van der Waals surface area contributed by atoms with Gasteiger partial charge in [-0.25, -0.2) is 4.98 Å². The Morgan fingerprint density at radius 3 is 2.71 bits per heavy atom. The van der Waals surface area contributed by atoms with Gasteiger partial charge in [0.2, 0.25) is 0 Å². The lowest BCUT2D eigenvalue weighted by Crippen LogP contribution is -2.17. The lowest BCUT2D eigenvalue weighted by atomic mass is 10.2. The minimum atomic E-state index is -0.303. The molecule has 21 heavy (non-hydrogen) atoms. The number of carbonyl (C=O) groups excluding carboxylic acids is 1. The van der Waals surface area contributed by atoms with Gasteiger partial charge in [-0.15, -0.1) is 12.4 Å². The van der Waals surface area contributed by atoms with Crippen LogP contribution >= 0.6 is 24.0 Å². The molecule has 110 valence electrons. The minimum absolute atomic E-state index is 0. The van der Waals surface area contributed by atoms with Crippen LogP contribution in [0.4, 0.5) is 5.82 Å². The highest BCUT2D eigenvalue weighted by atomic mass is 35.5. The predicted octanol–water partition coefficient (Wildman–Crippen LogP) is 3.18. The fourth-order valence-corrected chi connectivity index (χ4v) is 2.01. The normalized spacial score (nSPS) is 12.2. The molecule has 0 bridgehead atoms. The Morgan fingerprint density at radius 2 is 1.95 bits per heavy atom. The molecule has 0 atom stereocenters. The van der Waals surface area contributed by atoms with Crippen molar-refractivity contribution in [1.29, 1.82) is 0 Å². The lowest BCUT2D eigenvalue weighted by Gasteiger charge is -2.18. The van der Waals surface area contributed by atoms with Gasteiger partial charge in [-0.05, 0) is 30.3 Å². The Labute approximate surface area is 132 Å². The van der Waals surface area contributed by atoms with Crippen LogP contribution in [0.5, 0.6) is 11.5 Å². The molecule has 1 aromatic carbocycles. The maximum Gasteiger partial charge on any atom is 0.256 e. The highest BCUT2D eigenvalue weighted by molar-refractivity contribution is 6.33. The number of amides is 1. The Kier molecular flexibility index (Phi) is 4.88. The maximum absolute atomic E-state index is 12.1. The molecule has 2 heterocycles. The van der Waals surface area contributed by atoms with Crippen LogP contribution in [-0.2, 0) is 0 Å². The van der Waals surface area contributed by atoms with E-state index in [2.05, 4.69) is 10.3 Å². The average Bonchev–Trinajstić information content (AvgIpc) is 2.49. The fourth-order valence-electron chi connectivity index (χ4n) is 1.84. The second-order valence-corrected chi connectivity index (χ2v) is 4.55. The molecule has 0 spiro atoms. The Balaban J connectivity index is 0.00000161. The number of rotatable bonds is 2. The van der Waals surface area contributed by atoms with Crippen LogP contribution in [0, 0.1) is 0 Å². The number of anilines is 1. The number of carbonyl (C=O) groups is 1. The number of halogens is 2. The molecule has 0 saturated carbocycles. The minimum Gasteiger partial charge on any atom is -0.486 e. The predicted molar refractivity (Wildman–Crippen MR) is 81.9 cm³/mol. The van der Waals surface area contributed by atoms with Gasteiger partial charge in [0.15, 0.2) is 17.3 Å². The third-order valence-corrected chi connectivity index (χ3v) is 3.10. The summed E-state index contributed by atoms with van der Waals surface area (Å²) in [6.07, 6.45) is 1.56. The Bertz CT molecular complexity index is 664. The molecule has 0 unspecified atom stereocenters. The number of ether oxygens (including phenoxy) is 2. The van der Waals surface area contributed by atoms with E-state index in [0.717, 1.165) is 0 Å². The number of hydrogen-bond acceptors (Lipinski definition) is 4. The van der Waals surface area contributed by atoms with E-state index in [4.69, 9.17) is 21.1 Å². The summed E-state index contributed by atoms with van der Waals surface area (Å²) in [5.74, 6) is 1.23. The first-order valence-corrected chi connectivity index (χ1v) is 6.43. The fraction of sp³-hybridized carbons (Fsp3) is 0.143. The van der Waals surface area contributed by atoms with Crippen LogP contribution in [0.1, 0.15) is 10.4 Å². The van der Waals surface area contributed by atoms with Crippen molar-refractivity contribution in [3.05, 3.63) is 47.1 Å². The molecule has 3 rings (SSSR count). The highest BCUT2D eigenvalue weighted by Crippen LogP contribution is 2.31. The number of benzene rings is 1. The molecule has 0 saturated heterocycles. The van der Waals surface area contributed by atoms with E-state index < -0.39 is 0 Å². The zero-order valence-corrected chi connectivity index (χ0v) is 12.4. The van der Waals surface area contributed by atoms with Gasteiger partial charge >= 0.3 is 0 Å². The van der Waals surface area contributed by atoms with Gasteiger partial charge < -0.3 is 14.8 Å². The average molecular weight is 327 g/mol. The molecule has 0 radical (unpaired) electrons. The van der Waals surface area contributed by atoms with Crippen molar-refractivity contribution in [2.75, 3.05) is 18.5 Å². The Hall–Kier alpha value is -1.98. The molecule has 0 fully saturated rings. The number of aromatic nitrogens is 1. The second kappa shape index (κ2) is 6.65. The number of hydrogen-bond donors (Lipinski definition) is 1. The van der Waals surface area contributed by atoms with E-state index in [1.165, 1.54) is 0 Å². The molecular weight excluding hydrogens is 315 g/mol. The zero-order valence-electron chi connectivity index (χ0n) is 10.8. The molecule has 1 aromatic heterocycles. The first kappa shape index (κ1) is 15.4. The molecular formula is C14H12Cl2N2O3. The molecule has 1 N–H and O–H groups in total. The zero-order chi connectivity index (χ0) is 13.9. The van der Waals surface area contributed by atoms with E-state index in [-0.39, 0.29) is 18.3 Å². The molecule has 2 aromatic rings. The second-order valence-electron chi connectivity index (χ2n) is 4.15. The van der Waals surface area contributed by atoms with Crippen LogP contribution in [0.2, 0.25) is 5.02 Å². The summed E-state index contributed by atoms with van der Waals surface area (Å²) in [5.41, 5.74) is 0.455. The summed E-state index contributed by atoms with van der Waals surface area (Å²) in [5, 5.41) is 3.04. The summed E-state index contributed by atoms with van der Waals surface area (Å²) < 4.78 is 10.8. The van der Waals surface area contributed by atoms with E-state index in [1.807, 2.05) is 0 Å². The van der Waals surface area contributed by atoms with Crippen molar-refractivity contribution in [2.24, 2.45) is 0 Å². The molecule has 1 amide bonds. The molecule has 1 aliphatic rings. The highest BCUT2D eigenvalue weighted by Gasteiger charge is 2.15. The number of fused-ring (bicyclic) bond motifs is 1. The van der Waals surface area contributed by atoms with Crippen molar-refractivity contribution in [2.45, 2.75) is 0 Å². The molecule has 0 aliphatic carbocycles. The van der Waals surface area contributed by atoms with Crippen LogP contribution in [-0.4, -0.2) is 24.1 Å². The maximum atomic E-state index is 12.1. The molecule has 7 heteroatoms. The van der Waals surface area contributed by atoms with Crippen molar-refractivity contribution in [1.82, 2.24) is 4.98 Å².